The van der Waals surface area contributed by atoms with Crippen molar-refractivity contribution < 1.29 is 9.90 Å². The number of pyridine rings is 1. The molecule has 1 fully saturated rings. The highest BCUT2D eigenvalue weighted by molar-refractivity contribution is 6.13. The number of nitrogens with one attached hydrogen (secondary N) is 2. The molecule has 1 aliphatic heterocycles. The maximum Gasteiger partial charge on any atom is 0.257 e. The highest BCUT2D eigenvalue weighted by Crippen LogP contribution is 2.29. The molecule has 0 bridgehead atoms. The maximum absolute atomic E-state index is 13.2. The fourth-order valence-corrected chi connectivity index (χ4v) is 4.47. The van der Waals surface area contributed by atoms with Crippen molar-refractivity contribution in [3.05, 3.63) is 54.2 Å². The number of aromatic nitrogens is 4. The van der Waals surface area contributed by atoms with Crippen LogP contribution in [0.15, 0.2) is 43.0 Å². The molecule has 4 aromatic rings. The Hall–Kier alpha value is -3.72. The van der Waals surface area contributed by atoms with E-state index in [2.05, 4.69) is 44.3 Å². The molecule has 0 radical (unpaired) electrons. The van der Waals surface area contributed by atoms with Crippen LogP contribution in [0.1, 0.15) is 29.9 Å². The Bertz CT molecular complexity index is 1320. The molecule has 0 spiro atoms. The van der Waals surface area contributed by atoms with Gasteiger partial charge in [0.15, 0.2) is 11.4 Å². The Morgan fingerprint density at radius 2 is 1.84 bits per heavy atom. The first kappa shape index (κ1) is 20.2. The zero-order valence-corrected chi connectivity index (χ0v) is 18.2. The molecule has 1 aromatic carbocycles. The zero-order valence-electron chi connectivity index (χ0n) is 18.2. The second-order valence-electron chi connectivity index (χ2n) is 8.44. The van der Waals surface area contributed by atoms with Crippen molar-refractivity contribution in [1.29, 1.82) is 0 Å². The zero-order chi connectivity index (χ0) is 22.4. The second kappa shape index (κ2) is 7.76. The van der Waals surface area contributed by atoms with Gasteiger partial charge in [0.2, 0.25) is 0 Å². The van der Waals surface area contributed by atoms with E-state index in [4.69, 9.17) is 0 Å². The van der Waals surface area contributed by atoms with Gasteiger partial charge in [-0.2, -0.15) is 0 Å². The van der Waals surface area contributed by atoms with Crippen LogP contribution in [0.25, 0.3) is 16.7 Å². The molecule has 5 rings (SSSR count). The van der Waals surface area contributed by atoms with E-state index in [0.717, 1.165) is 24.5 Å². The number of fused-ring (bicyclic) bond motifs is 2. The van der Waals surface area contributed by atoms with E-state index < -0.39 is 0 Å². The van der Waals surface area contributed by atoms with Crippen molar-refractivity contribution in [1.82, 2.24) is 24.7 Å². The summed E-state index contributed by atoms with van der Waals surface area (Å²) in [6.45, 7) is 7.87. The average Bonchev–Trinajstić information content (AvgIpc) is 3.13. The molecule has 32 heavy (non-hydrogen) atoms. The number of hydrogen-bond acceptors (Lipinski definition) is 7. The van der Waals surface area contributed by atoms with Crippen molar-refractivity contribution in [2.24, 2.45) is 0 Å². The number of hydrogen-bond donors (Lipinski definition) is 3. The fraction of sp³-hybridized carbons (Fsp3) is 0.304. The number of benzene rings is 1. The molecule has 1 saturated heterocycles. The summed E-state index contributed by atoms with van der Waals surface area (Å²) in [7, 11) is 0. The van der Waals surface area contributed by atoms with Crippen molar-refractivity contribution in [2.75, 3.05) is 23.3 Å². The summed E-state index contributed by atoms with van der Waals surface area (Å²) in [5.41, 5.74) is 4.32. The van der Waals surface area contributed by atoms with Crippen LogP contribution in [-0.4, -0.2) is 55.5 Å². The van der Waals surface area contributed by atoms with Gasteiger partial charge in [-0.05, 0) is 32.9 Å². The minimum Gasteiger partial charge on any atom is -0.504 e. The average molecular weight is 432 g/mol. The van der Waals surface area contributed by atoms with Crippen LogP contribution in [0.3, 0.4) is 0 Å². The number of nitrogens with zero attached hydrogens (tertiary/aromatic N) is 5. The minimum absolute atomic E-state index is 0.00200. The number of amides is 1. The summed E-state index contributed by atoms with van der Waals surface area (Å²) in [6.07, 6.45) is 6.75. The molecular weight excluding hydrogens is 406 g/mol. The Morgan fingerprint density at radius 3 is 2.59 bits per heavy atom. The van der Waals surface area contributed by atoms with Gasteiger partial charge < -0.3 is 25.0 Å². The lowest BCUT2D eigenvalue weighted by atomic mass is 10.1. The topological polar surface area (TPSA) is 108 Å². The number of aromatic hydroxyl groups is 1. The maximum atomic E-state index is 13.2. The fourth-order valence-electron chi connectivity index (χ4n) is 4.47. The number of carbonyl (C=O) groups is 1. The summed E-state index contributed by atoms with van der Waals surface area (Å²) in [5, 5.41) is 16.7. The molecule has 3 aromatic heterocycles. The molecule has 2 atom stereocenters. The summed E-state index contributed by atoms with van der Waals surface area (Å²) in [4.78, 5) is 28.8. The molecule has 1 amide bonds. The summed E-state index contributed by atoms with van der Waals surface area (Å²) in [5.74, 6) is -0.322. The van der Waals surface area contributed by atoms with Gasteiger partial charge in [-0.1, -0.05) is 0 Å². The third-order valence-electron chi connectivity index (χ3n) is 5.66. The van der Waals surface area contributed by atoms with Crippen molar-refractivity contribution in [3.8, 4) is 5.75 Å². The van der Waals surface area contributed by atoms with E-state index in [-0.39, 0.29) is 11.7 Å². The van der Waals surface area contributed by atoms with E-state index in [9.17, 15) is 9.90 Å². The molecule has 164 valence electrons. The SMILES string of the molecule is Cc1cn2cc(NC(=O)c3ccc(N4CC(C)NC(C)C4)c4nccnc34)cc(O)c2n1. The van der Waals surface area contributed by atoms with Gasteiger partial charge in [-0.25, -0.2) is 4.98 Å². The first-order chi connectivity index (χ1) is 15.4. The van der Waals surface area contributed by atoms with Gasteiger partial charge in [0, 0.05) is 56.0 Å². The second-order valence-corrected chi connectivity index (χ2v) is 8.44. The van der Waals surface area contributed by atoms with Crippen LogP contribution >= 0.6 is 0 Å². The largest absolute Gasteiger partial charge is 0.504 e. The summed E-state index contributed by atoms with van der Waals surface area (Å²) >= 11 is 0. The lowest BCUT2D eigenvalue weighted by Gasteiger charge is -2.38. The van der Waals surface area contributed by atoms with Crippen molar-refractivity contribution >= 4 is 34.0 Å². The number of rotatable bonds is 3. The third kappa shape index (κ3) is 3.60. The predicted octanol–water partition coefficient (Wildman–Crippen LogP) is 2.73. The Balaban J connectivity index is 1.50. The highest BCUT2D eigenvalue weighted by atomic mass is 16.3. The first-order valence-electron chi connectivity index (χ1n) is 10.6. The van der Waals surface area contributed by atoms with Crippen LogP contribution in [0.5, 0.6) is 5.75 Å². The highest BCUT2D eigenvalue weighted by Gasteiger charge is 2.24. The monoisotopic (exact) mass is 431 g/mol. The molecule has 1 aliphatic rings. The first-order valence-corrected chi connectivity index (χ1v) is 10.6. The van der Waals surface area contributed by atoms with Gasteiger partial charge in [0.1, 0.15) is 11.0 Å². The number of imidazole rings is 1. The smallest absolute Gasteiger partial charge is 0.257 e. The van der Waals surface area contributed by atoms with Gasteiger partial charge in [-0.15, -0.1) is 0 Å². The Kier molecular flexibility index (Phi) is 4.90. The quantitative estimate of drug-likeness (QED) is 0.458. The van der Waals surface area contributed by atoms with E-state index in [1.165, 1.54) is 6.07 Å². The van der Waals surface area contributed by atoms with E-state index in [0.29, 0.717) is 40.0 Å². The number of anilines is 2. The van der Waals surface area contributed by atoms with Crippen LogP contribution in [0, 0.1) is 6.92 Å². The van der Waals surface area contributed by atoms with Crippen LogP contribution in [0.4, 0.5) is 11.4 Å². The molecular formula is C23H25N7O2. The van der Waals surface area contributed by atoms with E-state index in [1.54, 1.807) is 35.3 Å². The molecule has 0 saturated carbocycles. The van der Waals surface area contributed by atoms with Gasteiger partial charge in [0.05, 0.1) is 22.6 Å². The molecule has 9 heteroatoms. The lowest BCUT2D eigenvalue weighted by molar-refractivity contribution is 0.102. The van der Waals surface area contributed by atoms with Gasteiger partial charge in [0.25, 0.3) is 5.91 Å². The summed E-state index contributed by atoms with van der Waals surface area (Å²) in [6, 6.07) is 5.92. The Morgan fingerprint density at radius 1 is 1.12 bits per heavy atom. The molecule has 3 N–H and O–H groups in total. The van der Waals surface area contributed by atoms with E-state index >= 15 is 0 Å². The standard InChI is InChI=1S/C23H25N7O2/c1-13-9-29(10-14(2)26-13)18-5-4-17(20-21(18)25-7-6-24-20)23(32)28-16-8-19(31)22-27-15(3)11-30(22)12-16/h4-8,11-14,26,31H,9-10H2,1-3H3,(H,28,32). The van der Waals surface area contributed by atoms with Crippen LogP contribution in [-0.2, 0) is 0 Å². The summed E-state index contributed by atoms with van der Waals surface area (Å²) < 4.78 is 1.69. The van der Waals surface area contributed by atoms with Gasteiger partial charge >= 0.3 is 0 Å². The molecule has 4 heterocycles. The number of piperazine rings is 1. The van der Waals surface area contributed by atoms with Crippen molar-refractivity contribution in [3.63, 3.8) is 0 Å². The van der Waals surface area contributed by atoms with Crippen LogP contribution < -0.4 is 15.5 Å². The Labute approximate surface area is 185 Å². The molecule has 2 unspecified atom stereocenters. The lowest BCUT2D eigenvalue weighted by Crippen LogP contribution is -2.54. The molecule has 9 nitrogen and oxygen atoms in total. The third-order valence-corrected chi connectivity index (χ3v) is 5.66. The normalized spacial score (nSPS) is 18.9. The van der Waals surface area contributed by atoms with Crippen molar-refractivity contribution in [2.45, 2.75) is 32.9 Å². The minimum atomic E-state index is -0.320. The van der Waals surface area contributed by atoms with Crippen LogP contribution in [0.2, 0.25) is 0 Å². The van der Waals surface area contributed by atoms with Gasteiger partial charge in [-0.3, -0.25) is 14.8 Å². The predicted molar refractivity (Wildman–Crippen MR) is 123 cm³/mol. The molecule has 0 aliphatic carbocycles. The number of aryl methyl sites for hydroxylation is 1. The van der Waals surface area contributed by atoms with E-state index in [1.807, 2.05) is 13.0 Å². The number of carbonyl (C=O) groups excluding carboxylic acids is 1.